The molecule has 0 saturated carbocycles. The highest BCUT2D eigenvalue weighted by molar-refractivity contribution is 5.97. The van der Waals surface area contributed by atoms with Gasteiger partial charge in [-0.25, -0.2) is 4.98 Å². The Bertz CT molecular complexity index is 1600. The van der Waals surface area contributed by atoms with Crippen LogP contribution in [0.15, 0.2) is 54.6 Å². The van der Waals surface area contributed by atoms with Gasteiger partial charge in [0.25, 0.3) is 0 Å². The second kappa shape index (κ2) is 9.24. The molecule has 6 rings (SSSR count). The van der Waals surface area contributed by atoms with E-state index >= 15 is 0 Å². The predicted octanol–water partition coefficient (Wildman–Crippen LogP) is 6.97. The first-order valence-electron chi connectivity index (χ1n) is 13.5. The summed E-state index contributed by atoms with van der Waals surface area (Å²) in [6.07, 6.45) is 2.53. The first-order chi connectivity index (χ1) is 18.2. The Morgan fingerprint density at radius 1 is 0.816 bits per heavy atom. The van der Waals surface area contributed by atoms with Crippen molar-refractivity contribution in [1.82, 2.24) is 30.3 Å². The van der Waals surface area contributed by atoms with Crippen molar-refractivity contribution < 1.29 is 4.74 Å². The molecule has 5 aromatic rings. The van der Waals surface area contributed by atoms with E-state index in [-0.39, 0.29) is 11.0 Å². The van der Waals surface area contributed by atoms with Gasteiger partial charge in [0.15, 0.2) is 5.82 Å². The predicted molar refractivity (Wildman–Crippen MR) is 153 cm³/mol. The van der Waals surface area contributed by atoms with Gasteiger partial charge in [-0.15, -0.1) is 0 Å². The fraction of sp³-hybridized carbons (Fsp3) is 0.387. The van der Waals surface area contributed by atoms with Gasteiger partial charge in [0.2, 0.25) is 0 Å². The number of hydrogen-bond acceptors (Lipinski definition) is 5. The molecule has 196 valence electrons. The number of rotatable bonds is 6. The number of fused-ring (bicyclic) bond motifs is 2. The SMILES string of the molecule is CC(C)(C)C(C)(C)Oc1ccc2cc(-c3n[nH]c4ccc(-c5n[nH]c(CN6CCCC6)n5)cc34)ccc2c1. The normalized spacial score (nSPS) is 15.1. The average molecular weight is 509 g/mol. The van der Waals surface area contributed by atoms with Crippen LogP contribution in [-0.2, 0) is 6.54 Å². The summed E-state index contributed by atoms with van der Waals surface area (Å²) in [6, 6.07) is 19.0. The highest BCUT2D eigenvalue weighted by Gasteiger charge is 2.35. The summed E-state index contributed by atoms with van der Waals surface area (Å²) in [4.78, 5) is 7.19. The maximum absolute atomic E-state index is 6.39. The van der Waals surface area contributed by atoms with Gasteiger partial charge in [-0.05, 0) is 86.9 Å². The molecule has 7 nitrogen and oxygen atoms in total. The zero-order valence-electron chi connectivity index (χ0n) is 22.9. The second-order valence-electron chi connectivity index (χ2n) is 12.0. The number of nitrogens with one attached hydrogen (secondary N) is 2. The highest BCUT2D eigenvalue weighted by atomic mass is 16.5. The number of ether oxygens (including phenoxy) is 1. The van der Waals surface area contributed by atoms with E-state index in [4.69, 9.17) is 9.72 Å². The second-order valence-corrected chi connectivity index (χ2v) is 12.0. The van der Waals surface area contributed by atoms with Gasteiger partial charge in [0.1, 0.15) is 17.2 Å². The van der Waals surface area contributed by atoms with Crippen LogP contribution in [0.1, 0.15) is 53.3 Å². The first kappa shape index (κ1) is 24.6. The van der Waals surface area contributed by atoms with Gasteiger partial charge >= 0.3 is 0 Å². The summed E-state index contributed by atoms with van der Waals surface area (Å²) >= 11 is 0. The van der Waals surface area contributed by atoms with Crippen LogP contribution in [0.25, 0.3) is 44.3 Å². The summed E-state index contributed by atoms with van der Waals surface area (Å²) in [5, 5.41) is 18.8. The third-order valence-electron chi connectivity index (χ3n) is 8.19. The van der Waals surface area contributed by atoms with Crippen LogP contribution in [0.4, 0.5) is 0 Å². The Kier molecular flexibility index (Phi) is 5.99. The Hall–Kier alpha value is -3.71. The number of likely N-dealkylation sites (tertiary alicyclic amines) is 1. The Morgan fingerprint density at radius 3 is 2.34 bits per heavy atom. The van der Waals surface area contributed by atoms with Crippen LogP contribution >= 0.6 is 0 Å². The summed E-state index contributed by atoms with van der Waals surface area (Å²) in [7, 11) is 0. The molecule has 1 aliphatic heterocycles. The maximum atomic E-state index is 6.39. The largest absolute Gasteiger partial charge is 0.487 e. The third-order valence-corrected chi connectivity index (χ3v) is 8.19. The van der Waals surface area contributed by atoms with Gasteiger partial charge in [-0.2, -0.15) is 10.2 Å². The van der Waals surface area contributed by atoms with Crippen molar-refractivity contribution >= 4 is 21.7 Å². The molecule has 3 aromatic carbocycles. The van der Waals surface area contributed by atoms with Crippen LogP contribution in [-0.4, -0.2) is 49.0 Å². The molecule has 0 radical (unpaired) electrons. The zero-order chi connectivity index (χ0) is 26.5. The lowest BCUT2D eigenvalue weighted by Crippen LogP contribution is -2.42. The van der Waals surface area contributed by atoms with Crippen molar-refractivity contribution in [2.75, 3.05) is 13.1 Å². The minimum atomic E-state index is -0.287. The summed E-state index contributed by atoms with van der Waals surface area (Å²) in [6.45, 7) is 14.0. The molecule has 0 aliphatic carbocycles. The lowest BCUT2D eigenvalue weighted by molar-refractivity contribution is 0.000926. The summed E-state index contributed by atoms with van der Waals surface area (Å²) in [5.41, 5.74) is 3.69. The van der Waals surface area contributed by atoms with Crippen molar-refractivity contribution in [3.8, 4) is 28.4 Å². The van der Waals surface area contributed by atoms with E-state index < -0.39 is 0 Å². The topological polar surface area (TPSA) is 82.7 Å². The minimum Gasteiger partial charge on any atom is -0.487 e. The van der Waals surface area contributed by atoms with Crippen molar-refractivity contribution in [3.63, 3.8) is 0 Å². The van der Waals surface area contributed by atoms with Crippen molar-refractivity contribution in [3.05, 3.63) is 60.4 Å². The van der Waals surface area contributed by atoms with Crippen molar-refractivity contribution in [2.45, 2.75) is 59.6 Å². The summed E-state index contributed by atoms with van der Waals surface area (Å²) < 4.78 is 6.39. The molecule has 7 heteroatoms. The fourth-order valence-electron chi connectivity index (χ4n) is 4.90. The number of hydrogen-bond donors (Lipinski definition) is 2. The van der Waals surface area contributed by atoms with Gasteiger partial charge in [-0.1, -0.05) is 39.0 Å². The molecule has 2 aromatic heterocycles. The molecule has 38 heavy (non-hydrogen) atoms. The van der Waals surface area contributed by atoms with Gasteiger partial charge in [0, 0.05) is 21.9 Å². The number of H-pyrrole nitrogens is 2. The fourth-order valence-corrected chi connectivity index (χ4v) is 4.90. The van der Waals surface area contributed by atoms with E-state index in [0.717, 1.165) is 75.5 Å². The van der Waals surface area contributed by atoms with Crippen molar-refractivity contribution in [1.29, 1.82) is 0 Å². The Balaban J connectivity index is 1.28. The van der Waals surface area contributed by atoms with Gasteiger partial charge < -0.3 is 4.74 Å². The number of nitrogens with zero attached hydrogens (tertiary/aromatic N) is 4. The van der Waals surface area contributed by atoms with E-state index in [1.807, 2.05) is 6.07 Å². The standard InChI is InChI=1S/C31H36N6O/c1-30(2,3)31(4,5)38-24-12-10-20-16-22(9-8-21(20)17-24)28-25-18-23(11-13-26(25)33-35-28)29-32-27(34-36-29)19-37-14-6-7-15-37/h8-13,16-18H,6-7,14-15,19H2,1-5H3,(H,33,35)(H,32,34,36). The molecule has 0 spiro atoms. The molecule has 1 saturated heterocycles. The first-order valence-corrected chi connectivity index (χ1v) is 13.5. The Morgan fingerprint density at radius 2 is 1.55 bits per heavy atom. The molecule has 0 atom stereocenters. The molecule has 0 amide bonds. The van der Waals surface area contributed by atoms with Gasteiger partial charge in [0.05, 0.1) is 17.8 Å². The molecule has 1 aliphatic rings. The molecule has 1 fully saturated rings. The highest BCUT2D eigenvalue weighted by Crippen LogP contribution is 2.36. The van der Waals surface area contributed by atoms with E-state index in [2.05, 4.69) is 108 Å². The van der Waals surface area contributed by atoms with Crippen LogP contribution < -0.4 is 4.74 Å². The van der Waals surface area contributed by atoms with E-state index in [0.29, 0.717) is 0 Å². The van der Waals surface area contributed by atoms with Crippen LogP contribution in [0.2, 0.25) is 0 Å². The lowest BCUT2D eigenvalue weighted by atomic mass is 9.79. The van der Waals surface area contributed by atoms with Gasteiger partial charge in [-0.3, -0.25) is 15.1 Å². The molecule has 3 heterocycles. The molecular weight excluding hydrogens is 472 g/mol. The smallest absolute Gasteiger partial charge is 0.181 e. The Labute approximate surface area is 223 Å². The van der Waals surface area contributed by atoms with Crippen molar-refractivity contribution in [2.24, 2.45) is 5.41 Å². The lowest BCUT2D eigenvalue weighted by Gasteiger charge is -2.39. The van der Waals surface area contributed by atoms with Crippen LogP contribution in [0.3, 0.4) is 0 Å². The van der Waals surface area contributed by atoms with Crippen LogP contribution in [0, 0.1) is 5.41 Å². The average Bonchev–Trinajstić information content (AvgIpc) is 3.64. The van der Waals surface area contributed by atoms with E-state index in [9.17, 15) is 0 Å². The molecule has 0 bridgehead atoms. The quantitative estimate of drug-likeness (QED) is 0.259. The summed E-state index contributed by atoms with van der Waals surface area (Å²) in [5.74, 6) is 2.52. The molecule has 0 unspecified atom stereocenters. The monoisotopic (exact) mass is 508 g/mol. The van der Waals surface area contributed by atoms with Crippen LogP contribution in [0.5, 0.6) is 5.75 Å². The molecular formula is C31H36N6O. The third kappa shape index (κ3) is 4.67. The number of aromatic amines is 2. The zero-order valence-corrected chi connectivity index (χ0v) is 22.9. The number of benzene rings is 3. The molecule has 2 N–H and O–H groups in total. The minimum absolute atomic E-state index is 0.0204. The van der Waals surface area contributed by atoms with E-state index in [1.165, 1.54) is 12.8 Å². The number of aromatic nitrogens is 5. The maximum Gasteiger partial charge on any atom is 0.181 e. The van der Waals surface area contributed by atoms with E-state index in [1.54, 1.807) is 0 Å².